The highest BCUT2D eigenvalue weighted by Gasteiger charge is 2.34. The number of carbonyl (C=O) groups is 2. The Kier molecular flexibility index (Phi) is 8.64. The first kappa shape index (κ1) is 29.4. The summed E-state index contributed by atoms with van der Waals surface area (Å²) in [6.07, 6.45) is 0. The molecule has 1 aliphatic rings. The van der Waals surface area contributed by atoms with Gasteiger partial charge in [0.05, 0.1) is 14.9 Å². The standard InChI is InChI=1S/C28H28Cl3N3O4S/c1-16-14-17(2)19(4)26(18(16)3)39(37,38)34-12-10-33(11-13-34)28(36)27(35)32-24-9-8-20(29)15-22(24)21-6-5-7-23(30)25(21)31/h5-9,14-15H,10-13H2,1-4H3,(H,32,35). The van der Waals surface area contributed by atoms with Crippen molar-refractivity contribution in [3.63, 3.8) is 0 Å². The molecule has 0 radical (unpaired) electrons. The summed E-state index contributed by atoms with van der Waals surface area (Å²) < 4.78 is 28.5. The van der Waals surface area contributed by atoms with Gasteiger partial charge in [0.2, 0.25) is 10.0 Å². The van der Waals surface area contributed by atoms with Crippen molar-refractivity contribution in [1.29, 1.82) is 0 Å². The second-order valence-electron chi connectivity index (χ2n) is 9.53. The van der Waals surface area contributed by atoms with E-state index < -0.39 is 21.8 Å². The Labute approximate surface area is 243 Å². The first-order chi connectivity index (χ1) is 18.3. The zero-order valence-corrected chi connectivity index (χ0v) is 25.0. The highest BCUT2D eigenvalue weighted by molar-refractivity contribution is 7.89. The van der Waals surface area contributed by atoms with Crippen LogP contribution >= 0.6 is 34.8 Å². The van der Waals surface area contributed by atoms with Crippen LogP contribution in [0.5, 0.6) is 0 Å². The lowest BCUT2D eigenvalue weighted by Gasteiger charge is -2.34. The Morgan fingerprint density at radius 2 is 1.44 bits per heavy atom. The van der Waals surface area contributed by atoms with Gasteiger partial charge in [0.1, 0.15) is 0 Å². The van der Waals surface area contributed by atoms with Crippen LogP contribution in [0.2, 0.25) is 15.1 Å². The van der Waals surface area contributed by atoms with Crippen LogP contribution < -0.4 is 5.32 Å². The number of halogens is 3. The fraction of sp³-hybridized carbons (Fsp3) is 0.286. The van der Waals surface area contributed by atoms with Crippen LogP contribution in [-0.2, 0) is 19.6 Å². The summed E-state index contributed by atoms with van der Waals surface area (Å²) >= 11 is 18.8. The Hall–Kier alpha value is -2.62. The third-order valence-electron chi connectivity index (χ3n) is 7.09. The number of sulfonamides is 1. The van der Waals surface area contributed by atoms with Crippen LogP contribution in [0, 0.1) is 27.7 Å². The van der Waals surface area contributed by atoms with Gasteiger partial charge >= 0.3 is 11.8 Å². The van der Waals surface area contributed by atoms with Crippen molar-refractivity contribution in [3.8, 4) is 11.1 Å². The Morgan fingerprint density at radius 1 is 0.821 bits per heavy atom. The molecule has 11 heteroatoms. The average Bonchev–Trinajstić information content (AvgIpc) is 2.90. The number of hydrogen-bond donors (Lipinski definition) is 1. The Balaban J connectivity index is 1.50. The molecule has 1 heterocycles. The van der Waals surface area contributed by atoms with E-state index in [2.05, 4.69) is 5.32 Å². The molecule has 4 rings (SSSR count). The topological polar surface area (TPSA) is 86.8 Å². The summed E-state index contributed by atoms with van der Waals surface area (Å²) in [6.45, 7) is 7.73. The third kappa shape index (κ3) is 5.81. The van der Waals surface area contributed by atoms with Gasteiger partial charge < -0.3 is 10.2 Å². The lowest BCUT2D eigenvalue weighted by atomic mass is 10.0. The number of benzene rings is 3. The predicted octanol–water partition coefficient (Wildman–Crippen LogP) is 6.02. The second kappa shape index (κ2) is 11.5. The first-order valence-electron chi connectivity index (χ1n) is 12.2. The largest absolute Gasteiger partial charge is 0.332 e. The molecule has 3 aromatic carbocycles. The molecular formula is C28H28Cl3N3O4S. The van der Waals surface area contributed by atoms with Gasteiger partial charge in [-0.1, -0.05) is 53.0 Å². The molecule has 0 saturated carbocycles. The summed E-state index contributed by atoms with van der Waals surface area (Å²) in [5, 5.41) is 3.69. The number of carbonyl (C=O) groups excluding carboxylic acids is 2. The van der Waals surface area contributed by atoms with Crippen molar-refractivity contribution in [2.75, 3.05) is 31.5 Å². The molecule has 7 nitrogen and oxygen atoms in total. The van der Waals surface area contributed by atoms with Gasteiger partial charge in [-0.3, -0.25) is 9.59 Å². The number of hydrogen-bond acceptors (Lipinski definition) is 4. The Bertz CT molecular complexity index is 1560. The molecule has 1 aliphatic heterocycles. The molecule has 1 N–H and O–H groups in total. The maximum atomic E-state index is 13.5. The van der Waals surface area contributed by atoms with E-state index in [0.29, 0.717) is 31.8 Å². The van der Waals surface area contributed by atoms with Crippen LogP contribution in [0.1, 0.15) is 22.3 Å². The minimum absolute atomic E-state index is 0.0809. The number of aryl methyl sites for hydroxylation is 2. The molecule has 206 valence electrons. The number of piperazine rings is 1. The summed E-state index contributed by atoms with van der Waals surface area (Å²) in [4.78, 5) is 27.7. The molecule has 3 aromatic rings. The van der Waals surface area contributed by atoms with Gasteiger partial charge in [0.15, 0.2) is 0 Å². The molecule has 0 aromatic heterocycles. The van der Waals surface area contributed by atoms with Crippen LogP contribution in [0.25, 0.3) is 11.1 Å². The van der Waals surface area contributed by atoms with Gasteiger partial charge in [-0.15, -0.1) is 0 Å². The molecule has 0 spiro atoms. The Morgan fingerprint density at radius 3 is 2.05 bits per heavy atom. The molecular weight excluding hydrogens is 581 g/mol. The third-order valence-corrected chi connectivity index (χ3v) is 10.3. The smallest absolute Gasteiger partial charge is 0.313 e. The van der Waals surface area contributed by atoms with E-state index in [1.54, 1.807) is 50.2 Å². The van der Waals surface area contributed by atoms with E-state index in [0.717, 1.165) is 22.3 Å². The molecule has 0 atom stereocenters. The zero-order chi connectivity index (χ0) is 28.6. The van der Waals surface area contributed by atoms with Crippen molar-refractivity contribution >= 4 is 62.3 Å². The lowest BCUT2D eigenvalue weighted by molar-refractivity contribution is -0.143. The number of nitrogens with one attached hydrogen (secondary N) is 1. The molecule has 0 aliphatic carbocycles. The normalized spacial score (nSPS) is 14.4. The highest BCUT2D eigenvalue weighted by Crippen LogP contribution is 2.38. The quantitative estimate of drug-likeness (QED) is 0.367. The minimum atomic E-state index is -3.78. The van der Waals surface area contributed by atoms with Gasteiger partial charge in [0.25, 0.3) is 0 Å². The van der Waals surface area contributed by atoms with E-state index in [9.17, 15) is 18.0 Å². The number of anilines is 1. The van der Waals surface area contributed by atoms with Gasteiger partial charge in [0, 0.05) is 48.0 Å². The van der Waals surface area contributed by atoms with E-state index in [-0.39, 0.29) is 31.2 Å². The summed E-state index contributed by atoms with van der Waals surface area (Å²) in [7, 11) is -3.78. The van der Waals surface area contributed by atoms with Gasteiger partial charge in [-0.25, -0.2) is 8.42 Å². The van der Waals surface area contributed by atoms with Crippen molar-refractivity contribution < 1.29 is 18.0 Å². The zero-order valence-electron chi connectivity index (χ0n) is 21.9. The number of amides is 2. The fourth-order valence-corrected chi connectivity index (χ4v) is 7.28. The van der Waals surface area contributed by atoms with Crippen molar-refractivity contribution in [3.05, 3.63) is 79.8 Å². The first-order valence-corrected chi connectivity index (χ1v) is 14.8. The molecule has 2 amide bonds. The van der Waals surface area contributed by atoms with Crippen LogP contribution in [0.3, 0.4) is 0 Å². The second-order valence-corrected chi connectivity index (χ2v) is 12.6. The summed E-state index contributed by atoms with van der Waals surface area (Å²) in [5.74, 6) is -1.61. The molecule has 1 saturated heterocycles. The van der Waals surface area contributed by atoms with Crippen molar-refractivity contribution in [1.82, 2.24) is 9.21 Å². The highest BCUT2D eigenvalue weighted by atomic mass is 35.5. The van der Waals surface area contributed by atoms with E-state index in [1.807, 2.05) is 19.9 Å². The fourth-order valence-electron chi connectivity index (χ4n) is 4.71. The van der Waals surface area contributed by atoms with Crippen LogP contribution in [0.4, 0.5) is 5.69 Å². The van der Waals surface area contributed by atoms with Crippen molar-refractivity contribution in [2.45, 2.75) is 32.6 Å². The SMILES string of the molecule is Cc1cc(C)c(C)c(S(=O)(=O)N2CCN(C(=O)C(=O)Nc3ccc(Cl)cc3-c3cccc(Cl)c3Cl)CC2)c1C. The maximum Gasteiger partial charge on any atom is 0.313 e. The average molecular weight is 609 g/mol. The monoisotopic (exact) mass is 607 g/mol. The van der Waals surface area contributed by atoms with Crippen LogP contribution in [0.15, 0.2) is 47.4 Å². The minimum Gasteiger partial charge on any atom is -0.332 e. The van der Waals surface area contributed by atoms with E-state index >= 15 is 0 Å². The number of rotatable bonds is 4. The molecule has 39 heavy (non-hydrogen) atoms. The van der Waals surface area contributed by atoms with Crippen molar-refractivity contribution in [2.24, 2.45) is 0 Å². The maximum absolute atomic E-state index is 13.5. The summed E-state index contributed by atoms with van der Waals surface area (Å²) in [6, 6.07) is 11.9. The van der Waals surface area contributed by atoms with Gasteiger partial charge in [-0.2, -0.15) is 4.31 Å². The van der Waals surface area contributed by atoms with E-state index in [1.165, 1.54) is 9.21 Å². The molecule has 1 fully saturated rings. The lowest BCUT2D eigenvalue weighted by Crippen LogP contribution is -2.53. The molecule has 0 bridgehead atoms. The molecule has 0 unspecified atom stereocenters. The summed E-state index contributed by atoms with van der Waals surface area (Å²) in [5.41, 5.74) is 4.63. The number of nitrogens with zero attached hydrogens (tertiary/aromatic N) is 2. The predicted molar refractivity (Wildman–Crippen MR) is 156 cm³/mol. The van der Waals surface area contributed by atoms with E-state index in [4.69, 9.17) is 34.8 Å². The van der Waals surface area contributed by atoms with Gasteiger partial charge in [-0.05, 0) is 74.2 Å². The van der Waals surface area contributed by atoms with Crippen LogP contribution in [-0.4, -0.2) is 55.6 Å².